The second kappa shape index (κ2) is 5.63. The molecule has 106 valence electrons. The van der Waals surface area contributed by atoms with Crippen LogP contribution < -0.4 is 0 Å². The highest BCUT2D eigenvalue weighted by Gasteiger charge is 2.16. The van der Waals surface area contributed by atoms with E-state index in [4.69, 9.17) is 0 Å². The molecule has 21 heavy (non-hydrogen) atoms. The summed E-state index contributed by atoms with van der Waals surface area (Å²) in [6.45, 7) is 4.08. The van der Waals surface area contributed by atoms with Crippen molar-refractivity contribution < 1.29 is 5.11 Å². The van der Waals surface area contributed by atoms with Gasteiger partial charge in [-0.05, 0) is 52.9 Å². The van der Waals surface area contributed by atoms with Crippen molar-refractivity contribution in [3.63, 3.8) is 0 Å². The van der Waals surface area contributed by atoms with Gasteiger partial charge in [-0.3, -0.25) is 0 Å². The summed E-state index contributed by atoms with van der Waals surface area (Å²) in [7, 11) is 0. The summed E-state index contributed by atoms with van der Waals surface area (Å²) >= 11 is 3.54. The van der Waals surface area contributed by atoms with E-state index in [0.29, 0.717) is 0 Å². The minimum absolute atomic E-state index is 0.608. The number of aliphatic hydroxyl groups excluding tert-OH is 1. The molecule has 0 aromatic heterocycles. The van der Waals surface area contributed by atoms with Gasteiger partial charge >= 0.3 is 0 Å². The zero-order chi connectivity index (χ0) is 15.0. The van der Waals surface area contributed by atoms with Gasteiger partial charge in [-0.25, -0.2) is 0 Å². The van der Waals surface area contributed by atoms with Crippen molar-refractivity contribution in [2.24, 2.45) is 0 Å². The molecule has 0 spiro atoms. The SMILES string of the molecule is Cc1cc(C(O)c2cccc3ccccc23)c(C)cc1Br. The van der Waals surface area contributed by atoms with Gasteiger partial charge in [0.05, 0.1) is 0 Å². The second-order valence-corrected chi connectivity index (χ2v) is 6.28. The number of aliphatic hydroxyl groups is 1. The number of halogens is 1. The fourth-order valence-corrected chi connectivity index (χ4v) is 3.21. The van der Waals surface area contributed by atoms with Crippen LogP contribution in [0, 0.1) is 13.8 Å². The normalized spacial score (nSPS) is 12.6. The lowest BCUT2D eigenvalue weighted by atomic mass is 9.92. The van der Waals surface area contributed by atoms with Gasteiger partial charge < -0.3 is 5.11 Å². The molecular formula is C19H17BrO. The largest absolute Gasteiger partial charge is 0.384 e. The molecule has 0 aliphatic heterocycles. The first-order valence-electron chi connectivity index (χ1n) is 7.00. The molecule has 1 nitrogen and oxygen atoms in total. The van der Waals surface area contributed by atoms with Crippen LogP contribution in [-0.2, 0) is 0 Å². The third-order valence-corrected chi connectivity index (χ3v) is 4.81. The fourth-order valence-electron chi connectivity index (χ4n) is 2.75. The molecule has 0 aliphatic carbocycles. The maximum atomic E-state index is 10.9. The van der Waals surface area contributed by atoms with E-state index in [0.717, 1.165) is 37.5 Å². The molecule has 1 N–H and O–H groups in total. The van der Waals surface area contributed by atoms with Gasteiger partial charge in [0.25, 0.3) is 0 Å². The minimum atomic E-state index is -0.608. The Morgan fingerprint density at radius 2 is 1.57 bits per heavy atom. The van der Waals surface area contributed by atoms with Gasteiger partial charge in [0.2, 0.25) is 0 Å². The van der Waals surface area contributed by atoms with E-state index in [2.05, 4.69) is 46.3 Å². The summed E-state index contributed by atoms with van der Waals surface area (Å²) in [5.41, 5.74) is 4.15. The van der Waals surface area contributed by atoms with Gasteiger partial charge in [-0.2, -0.15) is 0 Å². The van der Waals surface area contributed by atoms with Crippen molar-refractivity contribution in [2.45, 2.75) is 20.0 Å². The zero-order valence-electron chi connectivity index (χ0n) is 12.1. The van der Waals surface area contributed by atoms with Crippen molar-refractivity contribution in [3.05, 3.63) is 81.3 Å². The fraction of sp³-hybridized carbons (Fsp3) is 0.158. The molecule has 0 saturated heterocycles. The molecule has 0 radical (unpaired) electrons. The second-order valence-electron chi connectivity index (χ2n) is 5.43. The number of hydrogen-bond acceptors (Lipinski definition) is 1. The van der Waals surface area contributed by atoms with Crippen LogP contribution >= 0.6 is 15.9 Å². The van der Waals surface area contributed by atoms with E-state index in [1.54, 1.807) is 0 Å². The number of benzene rings is 3. The molecule has 3 aromatic carbocycles. The highest BCUT2D eigenvalue weighted by Crippen LogP contribution is 2.32. The van der Waals surface area contributed by atoms with Gasteiger partial charge in [0.1, 0.15) is 6.10 Å². The highest BCUT2D eigenvalue weighted by atomic mass is 79.9. The lowest BCUT2D eigenvalue weighted by Gasteiger charge is -2.18. The molecule has 0 bridgehead atoms. The number of rotatable bonds is 2. The molecule has 0 fully saturated rings. The molecule has 0 saturated carbocycles. The molecule has 0 heterocycles. The lowest BCUT2D eigenvalue weighted by Crippen LogP contribution is -2.03. The molecule has 3 aromatic rings. The minimum Gasteiger partial charge on any atom is -0.384 e. The van der Waals surface area contributed by atoms with Crippen molar-refractivity contribution in [3.8, 4) is 0 Å². The molecule has 1 unspecified atom stereocenters. The average molecular weight is 341 g/mol. The van der Waals surface area contributed by atoms with Gasteiger partial charge in [-0.1, -0.05) is 64.5 Å². The standard InChI is InChI=1S/C19H17BrO/c1-12-11-18(20)13(2)10-17(12)19(21)16-9-5-7-14-6-3-4-8-15(14)16/h3-11,19,21H,1-2H3. The number of hydrogen-bond donors (Lipinski definition) is 1. The van der Waals surface area contributed by atoms with Crippen LogP contribution in [0.25, 0.3) is 10.8 Å². The Labute approximate surface area is 133 Å². The maximum Gasteiger partial charge on any atom is 0.105 e. The van der Waals surface area contributed by atoms with Crippen LogP contribution in [0.2, 0.25) is 0 Å². The predicted molar refractivity (Wildman–Crippen MR) is 91.6 cm³/mol. The van der Waals surface area contributed by atoms with E-state index in [-0.39, 0.29) is 0 Å². The first-order valence-corrected chi connectivity index (χ1v) is 7.79. The molecule has 0 amide bonds. The third kappa shape index (κ3) is 2.61. The first kappa shape index (κ1) is 14.3. The van der Waals surface area contributed by atoms with Crippen LogP contribution in [0.5, 0.6) is 0 Å². The Balaban J connectivity index is 2.17. The Morgan fingerprint density at radius 3 is 2.38 bits per heavy atom. The average Bonchev–Trinajstić information content (AvgIpc) is 2.49. The van der Waals surface area contributed by atoms with Crippen molar-refractivity contribution in [1.82, 2.24) is 0 Å². The van der Waals surface area contributed by atoms with Crippen LogP contribution in [0.3, 0.4) is 0 Å². The third-order valence-electron chi connectivity index (χ3n) is 3.96. The molecule has 0 aliphatic rings. The summed E-state index contributed by atoms with van der Waals surface area (Å²) in [6, 6.07) is 18.4. The van der Waals surface area contributed by atoms with Crippen LogP contribution in [0.15, 0.2) is 59.1 Å². The quantitative estimate of drug-likeness (QED) is 0.670. The number of fused-ring (bicyclic) bond motifs is 1. The van der Waals surface area contributed by atoms with Gasteiger partial charge in [0.15, 0.2) is 0 Å². The summed E-state index contributed by atoms with van der Waals surface area (Å²) < 4.78 is 1.08. The Bertz CT molecular complexity index is 803. The zero-order valence-corrected chi connectivity index (χ0v) is 13.7. The predicted octanol–water partition coefficient (Wildman–Crippen LogP) is 5.30. The summed E-state index contributed by atoms with van der Waals surface area (Å²) in [5.74, 6) is 0. The molecule has 1 atom stereocenters. The lowest BCUT2D eigenvalue weighted by molar-refractivity contribution is 0.221. The van der Waals surface area contributed by atoms with Crippen LogP contribution in [0.1, 0.15) is 28.4 Å². The van der Waals surface area contributed by atoms with Crippen molar-refractivity contribution in [2.75, 3.05) is 0 Å². The Kier molecular flexibility index (Phi) is 3.83. The van der Waals surface area contributed by atoms with Crippen molar-refractivity contribution >= 4 is 26.7 Å². The first-order chi connectivity index (χ1) is 10.1. The van der Waals surface area contributed by atoms with E-state index in [1.807, 2.05) is 38.1 Å². The topological polar surface area (TPSA) is 20.2 Å². The van der Waals surface area contributed by atoms with E-state index < -0.39 is 6.10 Å². The Hall–Kier alpha value is -1.64. The van der Waals surface area contributed by atoms with E-state index in [1.165, 1.54) is 0 Å². The summed E-state index contributed by atoms with van der Waals surface area (Å²) in [4.78, 5) is 0. The number of aryl methyl sites for hydroxylation is 2. The van der Waals surface area contributed by atoms with E-state index in [9.17, 15) is 5.11 Å². The highest BCUT2D eigenvalue weighted by molar-refractivity contribution is 9.10. The van der Waals surface area contributed by atoms with Gasteiger partial charge in [-0.15, -0.1) is 0 Å². The van der Waals surface area contributed by atoms with E-state index >= 15 is 0 Å². The summed E-state index contributed by atoms with van der Waals surface area (Å²) in [5, 5.41) is 13.1. The molecule has 2 heteroatoms. The van der Waals surface area contributed by atoms with Gasteiger partial charge in [0, 0.05) is 4.47 Å². The Morgan fingerprint density at radius 1 is 0.857 bits per heavy atom. The van der Waals surface area contributed by atoms with Crippen LogP contribution in [-0.4, -0.2) is 5.11 Å². The maximum absolute atomic E-state index is 10.9. The smallest absolute Gasteiger partial charge is 0.105 e. The molecular weight excluding hydrogens is 324 g/mol. The monoisotopic (exact) mass is 340 g/mol. The molecule has 3 rings (SSSR count). The van der Waals surface area contributed by atoms with Crippen LogP contribution in [0.4, 0.5) is 0 Å². The van der Waals surface area contributed by atoms with Crippen molar-refractivity contribution in [1.29, 1.82) is 0 Å². The summed E-state index contributed by atoms with van der Waals surface area (Å²) in [6.07, 6.45) is -0.608.